The zero-order valence-electron chi connectivity index (χ0n) is 8.68. The van der Waals surface area contributed by atoms with Crippen LogP contribution in [0.1, 0.15) is 6.92 Å². The number of hydrogen-bond donors (Lipinski definition) is 0. The van der Waals surface area contributed by atoms with Crippen LogP contribution < -0.4 is 4.74 Å². The molecule has 1 aromatic rings. The molecule has 0 aromatic heterocycles. The minimum Gasteiger partial charge on any atom is -0.459 e. The highest BCUT2D eigenvalue weighted by Gasteiger charge is 2.44. The van der Waals surface area contributed by atoms with Crippen molar-refractivity contribution >= 4 is 21.9 Å². The van der Waals surface area contributed by atoms with E-state index in [0.29, 0.717) is 4.47 Å². The highest BCUT2D eigenvalue weighted by molar-refractivity contribution is 9.10. The molecule has 0 saturated heterocycles. The number of hydrogen-bond acceptors (Lipinski definition) is 3. The number of carbonyl (C=O) groups excluding carboxylic acids is 1. The smallest absolute Gasteiger partial charge is 0.459 e. The average molecular weight is 313 g/mol. The zero-order chi connectivity index (χ0) is 13.1. The molecule has 1 rings (SSSR count). The van der Waals surface area contributed by atoms with Gasteiger partial charge in [-0.15, -0.1) is 0 Å². The van der Waals surface area contributed by atoms with Gasteiger partial charge in [-0.2, -0.15) is 8.78 Å². The first-order valence-corrected chi connectivity index (χ1v) is 5.35. The predicted octanol–water partition coefficient (Wildman–Crippen LogP) is 3.12. The highest BCUT2D eigenvalue weighted by atomic mass is 79.9. The molecule has 0 amide bonds. The summed E-state index contributed by atoms with van der Waals surface area (Å²) in [5, 5.41) is 0. The minimum atomic E-state index is -4.22. The van der Waals surface area contributed by atoms with Gasteiger partial charge in [0.2, 0.25) is 0 Å². The van der Waals surface area contributed by atoms with E-state index in [2.05, 4.69) is 25.4 Å². The van der Waals surface area contributed by atoms with Crippen LogP contribution in [0, 0.1) is 5.82 Å². The molecule has 0 aliphatic heterocycles. The molecular weight excluding hydrogens is 305 g/mol. The Labute approximate surface area is 104 Å². The van der Waals surface area contributed by atoms with Crippen LogP contribution in [0.5, 0.6) is 5.75 Å². The van der Waals surface area contributed by atoms with E-state index in [9.17, 15) is 18.0 Å². The standard InChI is InChI=1S/C10H8BrF3O3/c1-2-16-9(15)10(13,14)17-8-5-6(11)3-4-7(8)12/h3-5H,2H2,1H3. The van der Waals surface area contributed by atoms with Gasteiger partial charge in [0.1, 0.15) is 0 Å². The number of carbonyl (C=O) groups is 1. The van der Waals surface area contributed by atoms with Crippen molar-refractivity contribution in [1.82, 2.24) is 0 Å². The van der Waals surface area contributed by atoms with Crippen molar-refractivity contribution in [2.24, 2.45) is 0 Å². The molecule has 0 saturated carbocycles. The first kappa shape index (κ1) is 13.8. The van der Waals surface area contributed by atoms with Crippen LogP contribution in [0.25, 0.3) is 0 Å². The summed E-state index contributed by atoms with van der Waals surface area (Å²) in [6.07, 6.45) is -4.22. The summed E-state index contributed by atoms with van der Waals surface area (Å²) in [4.78, 5) is 10.8. The molecule has 3 nitrogen and oxygen atoms in total. The van der Waals surface area contributed by atoms with Crippen molar-refractivity contribution in [1.29, 1.82) is 0 Å². The average Bonchev–Trinajstić information content (AvgIpc) is 2.23. The summed E-state index contributed by atoms with van der Waals surface area (Å²) in [5.41, 5.74) is 0. The third-order valence-electron chi connectivity index (χ3n) is 1.64. The highest BCUT2D eigenvalue weighted by Crippen LogP contribution is 2.28. The Morgan fingerprint density at radius 1 is 1.47 bits per heavy atom. The van der Waals surface area contributed by atoms with Crippen molar-refractivity contribution in [3.63, 3.8) is 0 Å². The summed E-state index contributed by atoms with van der Waals surface area (Å²) in [6.45, 7) is 1.15. The Morgan fingerprint density at radius 2 is 2.12 bits per heavy atom. The number of rotatable bonds is 4. The summed E-state index contributed by atoms with van der Waals surface area (Å²) < 4.78 is 47.8. The molecule has 0 fully saturated rings. The Bertz CT molecular complexity index is 423. The Kier molecular flexibility index (Phi) is 4.39. The van der Waals surface area contributed by atoms with E-state index < -0.39 is 23.6 Å². The predicted molar refractivity (Wildman–Crippen MR) is 56.3 cm³/mol. The van der Waals surface area contributed by atoms with Gasteiger partial charge >= 0.3 is 12.1 Å². The molecule has 1 aromatic carbocycles. The van der Waals surface area contributed by atoms with Gasteiger partial charge in [0.15, 0.2) is 11.6 Å². The van der Waals surface area contributed by atoms with Crippen molar-refractivity contribution < 1.29 is 27.4 Å². The van der Waals surface area contributed by atoms with Gasteiger partial charge < -0.3 is 9.47 Å². The summed E-state index contributed by atoms with van der Waals surface area (Å²) in [5.74, 6) is -3.60. The van der Waals surface area contributed by atoms with Crippen LogP contribution in [0.3, 0.4) is 0 Å². The fraction of sp³-hybridized carbons (Fsp3) is 0.300. The Morgan fingerprint density at radius 3 is 2.71 bits per heavy atom. The van der Waals surface area contributed by atoms with E-state index in [1.165, 1.54) is 13.0 Å². The molecule has 0 spiro atoms. The van der Waals surface area contributed by atoms with Crippen LogP contribution in [0.4, 0.5) is 13.2 Å². The SMILES string of the molecule is CCOC(=O)C(F)(F)Oc1cc(Br)ccc1F. The molecule has 0 radical (unpaired) electrons. The molecule has 7 heteroatoms. The normalized spacial score (nSPS) is 11.1. The maximum Gasteiger partial charge on any atom is 0.502 e. The lowest BCUT2D eigenvalue weighted by molar-refractivity contribution is -0.217. The monoisotopic (exact) mass is 312 g/mol. The van der Waals surface area contributed by atoms with Crippen LogP contribution in [0.2, 0.25) is 0 Å². The van der Waals surface area contributed by atoms with E-state index in [1.807, 2.05) is 0 Å². The molecule has 0 unspecified atom stereocenters. The van der Waals surface area contributed by atoms with E-state index in [-0.39, 0.29) is 6.61 Å². The van der Waals surface area contributed by atoms with Crippen molar-refractivity contribution in [3.8, 4) is 5.75 Å². The van der Waals surface area contributed by atoms with Gasteiger partial charge in [0.25, 0.3) is 0 Å². The summed E-state index contributed by atoms with van der Waals surface area (Å²) >= 11 is 2.96. The van der Waals surface area contributed by atoms with Crippen molar-refractivity contribution in [3.05, 3.63) is 28.5 Å². The third-order valence-corrected chi connectivity index (χ3v) is 2.14. The summed E-state index contributed by atoms with van der Waals surface area (Å²) in [6, 6.07) is 3.23. The summed E-state index contributed by atoms with van der Waals surface area (Å²) in [7, 11) is 0. The second kappa shape index (κ2) is 5.39. The van der Waals surface area contributed by atoms with Crippen LogP contribution in [-0.2, 0) is 9.53 Å². The topological polar surface area (TPSA) is 35.5 Å². The Hall–Kier alpha value is -1.24. The first-order chi connectivity index (χ1) is 7.86. The lowest BCUT2D eigenvalue weighted by atomic mass is 10.3. The van der Waals surface area contributed by atoms with Crippen LogP contribution in [0.15, 0.2) is 22.7 Å². The molecule has 17 heavy (non-hydrogen) atoms. The maximum atomic E-state index is 13.1. The molecule has 0 N–H and O–H groups in total. The molecular formula is C10H8BrF3O3. The minimum absolute atomic E-state index is 0.223. The van der Waals surface area contributed by atoms with Crippen molar-refractivity contribution in [2.75, 3.05) is 6.61 Å². The van der Waals surface area contributed by atoms with Crippen molar-refractivity contribution in [2.45, 2.75) is 13.0 Å². The largest absolute Gasteiger partial charge is 0.502 e. The molecule has 0 aliphatic carbocycles. The zero-order valence-corrected chi connectivity index (χ0v) is 10.3. The molecule has 0 aliphatic rings. The maximum absolute atomic E-state index is 13.1. The molecule has 0 atom stereocenters. The Balaban J connectivity index is 2.89. The van der Waals surface area contributed by atoms with E-state index in [1.54, 1.807) is 0 Å². The van der Waals surface area contributed by atoms with Gasteiger partial charge in [-0.25, -0.2) is 9.18 Å². The van der Waals surface area contributed by atoms with Gasteiger partial charge in [0, 0.05) is 4.47 Å². The molecule has 0 heterocycles. The van der Waals surface area contributed by atoms with E-state index >= 15 is 0 Å². The number of esters is 1. The van der Waals surface area contributed by atoms with E-state index in [0.717, 1.165) is 12.1 Å². The quantitative estimate of drug-likeness (QED) is 0.801. The first-order valence-electron chi connectivity index (χ1n) is 4.56. The number of alkyl halides is 2. The van der Waals surface area contributed by atoms with Gasteiger partial charge in [-0.05, 0) is 25.1 Å². The van der Waals surface area contributed by atoms with Crippen LogP contribution >= 0.6 is 15.9 Å². The number of benzene rings is 1. The fourth-order valence-electron chi connectivity index (χ4n) is 0.950. The van der Waals surface area contributed by atoms with Crippen LogP contribution in [-0.4, -0.2) is 18.7 Å². The second-order valence-electron chi connectivity index (χ2n) is 2.91. The lowest BCUT2D eigenvalue weighted by Gasteiger charge is -2.16. The number of halogens is 4. The lowest BCUT2D eigenvalue weighted by Crippen LogP contribution is -2.37. The number of ether oxygens (including phenoxy) is 2. The molecule has 0 bridgehead atoms. The fourth-order valence-corrected chi connectivity index (χ4v) is 1.29. The molecule has 94 valence electrons. The van der Waals surface area contributed by atoms with Gasteiger partial charge in [-0.3, -0.25) is 0 Å². The van der Waals surface area contributed by atoms with Gasteiger partial charge in [-0.1, -0.05) is 15.9 Å². The second-order valence-corrected chi connectivity index (χ2v) is 3.83. The third kappa shape index (κ3) is 3.62. The van der Waals surface area contributed by atoms with Gasteiger partial charge in [0.05, 0.1) is 6.61 Å². The van der Waals surface area contributed by atoms with E-state index in [4.69, 9.17) is 0 Å².